The molecule has 1 amide bonds. The Morgan fingerprint density at radius 1 is 1.25 bits per heavy atom. The first-order valence-electron chi connectivity index (χ1n) is 6.12. The Bertz CT molecular complexity index is 643. The molecule has 1 aromatic heterocycles. The van der Waals surface area contributed by atoms with E-state index in [1.807, 2.05) is 12.1 Å². The molecule has 1 aliphatic rings. The molecule has 0 bridgehead atoms. The third-order valence-electron chi connectivity index (χ3n) is 3.40. The summed E-state index contributed by atoms with van der Waals surface area (Å²) >= 11 is 4.99. The Hall–Kier alpha value is -1.24. The highest BCUT2D eigenvalue weighted by Crippen LogP contribution is 2.39. The van der Waals surface area contributed by atoms with Gasteiger partial charge in [0.1, 0.15) is 11.9 Å². The van der Waals surface area contributed by atoms with Crippen LogP contribution < -0.4 is 5.73 Å². The number of benzene rings is 1. The average Bonchev–Trinajstić information content (AvgIpc) is 2.86. The quantitative estimate of drug-likeness (QED) is 0.861. The van der Waals surface area contributed by atoms with Gasteiger partial charge < -0.3 is 10.6 Å². The Morgan fingerprint density at radius 3 is 2.55 bits per heavy atom. The number of carbonyl (C=O) groups excluding carboxylic acids is 1. The van der Waals surface area contributed by atoms with E-state index >= 15 is 0 Å². The second-order valence-corrected chi connectivity index (χ2v) is 7.20. The Morgan fingerprint density at radius 2 is 1.95 bits per heavy atom. The molecule has 1 aliphatic heterocycles. The van der Waals surface area contributed by atoms with Crippen molar-refractivity contribution in [1.82, 2.24) is 4.90 Å². The molecule has 1 saturated heterocycles. The summed E-state index contributed by atoms with van der Waals surface area (Å²) in [5.41, 5.74) is 6.81. The van der Waals surface area contributed by atoms with Crippen LogP contribution in [-0.4, -0.2) is 16.8 Å². The van der Waals surface area contributed by atoms with E-state index in [4.69, 9.17) is 5.73 Å². The summed E-state index contributed by atoms with van der Waals surface area (Å²) < 4.78 is 13.9. The molecule has 1 fully saturated rings. The van der Waals surface area contributed by atoms with Gasteiger partial charge in [0.05, 0.1) is 9.83 Å². The van der Waals surface area contributed by atoms with Gasteiger partial charge in [0.25, 0.3) is 0 Å². The predicted octanol–water partition coefficient (Wildman–Crippen LogP) is 3.06. The number of amides is 1. The molecule has 0 radical (unpaired) electrons. The zero-order valence-corrected chi connectivity index (χ0v) is 12.8. The average molecular weight is 355 g/mol. The molecule has 0 aliphatic carbocycles. The molecule has 104 valence electrons. The van der Waals surface area contributed by atoms with E-state index in [1.54, 1.807) is 28.4 Å². The number of rotatable bonds is 3. The third-order valence-corrected chi connectivity index (χ3v) is 5.09. The van der Waals surface area contributed by atoms with Crippen LogP contribution in [0.1, 0.15) is 16.5 Å². The number of nitrogens with two attached hydrogens (primary N) is 1. The van der Waals surface area contributed by atoms with Crippen molar-refractivity contribution in [1.29, 1.82) is 0 Å². The van der Waals surface area contributed by atoms with Gasteiger partial charge in [0.15, 0.2) is 0 Å². The molecular formula is C14H12BrFN2OS. The van der Waals surface area contributed by atoms with Gasteiger partial charge >= 0.3 is 0 Å². The molecule has 1 aromatic carbocycles. The summed E-state index contributed by atoms with van der Waals surface area (Å²) in [5, 5.41) is 0. The van der Waals surface area contributed by atoms with Gasteiger partial charge in [0, 0.05) is 11.4 Å². The van der Waals surface area contributed by atoms with E-state index in [9.17, 15) is 9.18 Å². The number of halogens is 2. The molecule has 2 atom stereocenters. The van der Waals surface area contributed by atoms with E-state index in [2.05, 4.69) is 15.9 Å². The largest absolute Gasteiger partial charge is 0.327 e. The van der Waals surface area contributed by atoms with Gasteiger partial charge in [-0.05, 0) is 45.8 Å². The van der Waals surface area contributed by atoms with Crippen LogP contribution in [0, 0.1) is 5.82 Å². The van der Waals surface area contributed by atoms with Crippen LogP contribution >= 0.6 is 27.3 Å². The van der Waals surface area contributed by atoms with Crippen LogP contribution in [0.2, 0.25) is 0 Å². The molecule has 2 N–H and O–H groups in total. The summed E-state index contributed by atoms with van der Waals surface area (Å²) in [5.74, 6) is -0.344. The third kappa shape index (κ3) is 2.39. The maximum atomic E-state index is 12.9. The lowest BCUT2D eigenvalue weighted by atomic mass is 9.93. The highest BCUT2D eigenvalue weighted by Gasteiger charge is 2.46. The van der Waals surface area contributed by atoms with Crippen molar-refractivity contribution in [3.8, 4) is 0 Å². The number of carbonyl (C=O) groups is 1. The summed E-state index contributed by atoms with van der Waals surface area (Å²) in [6.07, 6.45) is 0. The van der Waals surface area contributed by atoms with Crippen LogP contribution in [0.15, 0.2) is 40.2 Å². The maximum Gasteiger partial charge on any atom is 0.242 e. The monoisotopic (exact) mass is 354 g/mol. The highest BCUT2D eigenvalue weighted by molar-refractivity contribution is 9.11. The minimum Gasteiger partial charge on any atom is -0.327 e. The van der Waals surface area contributed by atoms with Crippen LogP contribution in [0.25, 0.3) is 0 Å². The molecule has 3 nitrogen and oxygen atoms in total. The van der Waals surface area contributed by atoms with Gasteiger partial charge in [-0.2, -0.15) is 0 Å². The lowest BCUT2D eigenvalue weighted by Crippen LogP contribution is -2.62. The van der Waals surface area contributed by atoms with Crippen molar-refractivity contribution in [2.45, 2.75) is 18.6 Å². The zero-order valence-electron chi connectivity index (χ0n) is 10.4. The lowest BCUT2D eigenvalue weighted by Gasteiger charge is -2.45. The summed E-state index contributed by atoms with van der Waals surface area (Å²) in [6, 6.07) is 9.52. The molecule has 3 rings (SSSR count). The second kappa shape index (κ2) is 5.27. The predicted molar refractivity (Wildman–Crippen MR) is 79.7 cm³/mol. The topological polar surface area (TPSA) is 46.3 Å². The normalized spacial score (nSPS) is 21.9. The Balaban J connectivity index is 1.80. The Labute approximate surface area is 128 Å². The fraction of sp³-hybridized carbons (Fsp3) is 0.214. The number of β-lactam (4-membered cyclic amide) rings is 1. The van der Waals surface area contributed by atoms with Crippen LogP contribution in [-0.2, 0) is 11.3 Å². The van der Waals surface area contributed by atoms with Gasteiger partial charge in [-0.1, -0.05) is 12.1 Å². The maximum absolute atomic E-state index is 12.9. The van der Waals surface area contributed by atoms with Crippen molar-refractivity contribution >= 4 is 33.2 Å². The minimum atomic E-state index is -0.485. The number of hydrogen-bond donors (Lipinski definition) is 1. The van der Waals surface area contributed by atoms with Gasteiger partial charge in [-0.3, -0.25) is 4.79 Å². The van der Waals surface area contributed by atoms with E-state index in [0.717, 1.165) is 14.2 Å². The van der Waals surface area contributed by atoms with E-state index < -0.39 is 6.04 Å². The van der Waals surface area contributed by atoms with Gasteiger partial charge in [0.2, 0.25) is 5.91 Å². The summed E-state index contributed by atoms with van der Waals surface area (Å²) in [4.78, 5) is 14.7. The summed E-state index contributed by atoms with van der Waals surface area (Å²) in [7, 11) is 0. The number of likely N-dealkylation sites (tertiary alicyclic amines) is 1. The zero-order chi connectivity index (χ0) is 14.3. The van der Waals surface area contributed by atoms with Crippen molar-refractivity contribution in [2.75, 3.05) is 0 Å². The second-order valence-electron chi connectivity index (χ2n) is 4.71. The first-order valence-corrected chi connectivity index (χ1v) is 7.73. The molecule has 2 unspecified atom stereocenters. The van der Waals surface area contributed by atoms with Gasteiger partial charge in [-0.25, -0.2) is 4.39 Å². The van der Waals surface area contributed by atoms with E-state index in [-0.39, 0.29) is 17.8 Å². The smallest absolute Gasteiger partial charge is 0.242 e. The fourth-order valence-corrected chi connectivity index (χ4v) is 3.94. The first-order chi connectivity index (χ1) is 9.56. The Kier molecular flexibility index (Phi) is 3.62. The van der Waals surface area contributed by atoms with Crippen LogP contribution in [0.4, 0.5) is 4.39 Å². The number of hydrogen-bond acceptors (Lipinski definition) is 3. The summed E-state index contributed by atoms with van der Waals surface area (Å²) in [6.45, 7) is 0.451. The minimum absolute atomic E-state index is 0.0659. The van der Waals surface area contributed by atoms with Gasteiger partial charge in [-0.15, -0.1) is 11.3 Å². The van der Waals surface area contributed by atoms with E-state index in [0.29, 0.717) is 6.54 Å². The van der Waals surface area contributed by atoms with Crippen molar-refractivity contribution in [3.63, 3.8) is 0 Å². The first kappa shape index (κ1) is 13.7. The molecule has 2 heterocycles. The highest BCUT2D eigenvalue weighted by atomic mass is 79.9. The molecule has 0 saturated carbocycles. The number of thiophene rings is 1. The van der Waals surface area contributed by atoms with Crippen molar-refractivity contribution in [2.24, 2.45) is 5.73 Å². The standard InChI is InChI=1S/C14H12BrFN2OS/c15-11-6-5-10(20-11)13-12(17)14(19)18(13)7-8-1-3-9(16)4-2-8/h1-6,12-13H,7,17H2. The van der Waals surface area contributed by atoms with Crippen LogP contribution in [0.3, 0.4) is 0 Å². The molecule has 6 heteroatoms. The molecular weight excluding hydrogens is 343 g/mol. The molecule has 20 heavy (non-hydrogen) atoms. The van der Waals surface area contributed by atoms with Crippen LogP contribution in [0.5, 0.6) is 0 Å². The lowest BCUT2D eigenvalue weighted by molar-refractivity contribution is -0.150. The fourth-order valence-electron chi connectivity index (χ4n) is 2.36. The SMILES string of the molecule is NC1C(=O)N(Cc2ccc(F)cc2)C1c1ccc(Br)s1. The van der Waals surface area contributed by atoms with E-state index in [1.165, 1.54) is 12.1 Å². The number of nitrogens with zero attached hydrogens (tertiary/aromatic N) is 1. The molecule has 0 spiro atoms. The van der Waals surface area contributed by atoms with Crippen molar-refractivity contribution < 1.29 is 9.18 Å². The molecule has 2 aromatic rings. The van der Waals surface area contributed by atoms with Crippen molar-refractivity contribution in [3.05, 3.63) is 56.4 Å².